The van der Waals surface area contributed by atoms with Crippen molar-refractivity contribution in [2.45, 2.75) is 24.9 Å². The third-order valence-electron chi connectivity index (χ3n) is 3.31. The second-order valence-corrected chi connectivity index (χ2v) is 4.99. The molecule has 1 aromatic carbocycles. The van der Waals surface area contributed by atoms with Gasteiger partial charge in [-0.05, 0) is 17.7 Å². The Morgan fingerprint density at radius 2 is 2.19 bits per heavy atom. The summed E-state index contributed by atoms with van der Waals surface area (Å²) >= 11 is 0. The summed E-state index contributed by atoms with van der Waals surface area (Å²) in [6, 6.07) is 5.89. The highest BCUT2D eigenvalue weighted by Crippen LogP contribution is 2.25. The summed E-state index contributed by atoms with van der Waals surface area (Å²) < 4.78 is 26.0. The zero-order valence-corrected chi connectivity index (χ0v) is 11.6. The number of amides is 2. The van der Waals surface area contributed by atoms with E-state index in [0.29, 0.717) is 5.56 Å². The Morgan fingerprint density at radius 1 is 1.43 bits per heavy atom. The minimum Gasteiger partial charge on any atom is -0.355 e. The van der Waals surface area contributed by atoms with Crippen LogP contribution in [-0.2, 0) is 11.3 Å². The molecule has 1 aliphatic rings. The molecule has 1 fully saturated rings. The topological polar surface area (TPSA) is 70.2 Å². The van der Waals surface area contributed by atoms with Crippen LogP contribution in [0.25, 0.3) is 0 Å². The Labute approximate surface area is 121 Å². The molecule has 1 aliphatic heterocycles. The Hall–Kier alpha value is -2.02. The minimum absolute atomic E-state index is 0.188. The molecule has 21 heavy (non-hydrogen) atoms. The van der Waals surface area contributed by atoms with E-state index in [2.05, 4.69) is 16.0 Å². The van der Waals surface area contributed by atoms with Gasteiger partial charge in [0.1, 0.15) is 0 Å². The molecule has 2 amide bonds. The molecule has 0 aliphatic carbocycles. The van der Waals surface area contributed by atoms with E-state index in [1.807, 2.05) is 0 Å². The third-order valence-corrected chi connectivity index (χ3v) is 3.31. The highest BCUT2D eigenvalue weighted by molar-refractivity contribution is 5.94. The second-order valence-electron chi connectivity index (χ2n) is 4.99. The van der Waals surface area contributed by atoms with Gasteiger partial charge in [-0.25, -0.2) is 8.78 Å². The monoisotopic (exact) mass is 297 g/mol. The van der Waals surface area contributed by atoms with Gasteiger partial charge in [0.25, 0.3) is 11.8 Å². The first-order chi connectivity index (χ1) is 9.91. The molecule has 0 spiro atoms. The summed E-state index contributed by atoms with van der Waals surface area (Å²) in [5.74, 6) is -3.51. The molecule has 3 N–H and O–H groups in total. The van der Waals surface area contributed by atoms with Gasteiger partial charge in [-0.3, -0.25) is 14.9 Å². The van der Waals surface area contributed by atoms with E-state index in [4.69, 9.17) is 0 Å². The highest BCUT2D eigenvalue weighted by atomic mass is 19.3. The quantitative estimate of drug-likeness (QED) is 0.764. The van der Waals surface area contributed by atoms with Crippen molar-refractivity contribution in [3.63, 3.8) is 0 Å². The summed E-state index contributed by atoms with van der Waals surface area (Å²) in [5, 5.41) is 7.60. The maximum atomic E-state index is 13.0. The van der Waals surface area contributed by atoms with E-state index in [1.54, 1.807) is 24.3 Å². The molecular formula is C14H17F2N3O2. The molecule has 1 atom stereocenters. The van der Waals surface area contributed by atoms with Crippen LogP contribution >= 0.6 is 0 Å². The standard InChI is InChI=1S/C14H17F2N3O2/c1-17-12(20)10-4-2-3-9(5-10)7-18-13(21)11-6-14(15,16)8-19-11/h2-5,11,19H,6-8H2,1H3,(H,17,20)(H,18,21). The first kappa shape index (κ1) is 15.4. The van der Waals surface area contributed by atoms with Crippen molar-refractivity contribution in [1.82, 2.24) is 16.0 Å². The predicted octanol–water partition coefficient (Wildman–Crippen LogP) is 0.660. The average molecular weight is 297 g/mol. The summed E-state index contributed by atoms with van der Waals surface area (Å²) in [6.45, 7) is -0.287. The first-order valence-electron chi connectivity index (χ1n) is 6.61. The van der Waals surface area contributed by atoms with Gasteiger partial charge in [0.2, 0.25) is 5.91 Å². The maximum Gasteiger partial charge on any atom is 0.262 e. The third kappa shape index (κ3) is 3.98. The Morgan fingerprint density at radius 3 is 2.81 bits per heavy atom. The molecule has 7 heteroatoms. The molecule has 0 radical (unpaired) electrons. The molecule has 114 valence electrons. The number of hydrogen-bond donors (Lipinski definition) is 3. The van der Waals surface area contributed by atoms with Crippen LogP contribution in [0.3, 0.4) is 0 Å². The summed E-state index contributed by atoms with van der Waals surface area (Å²) in [5.41, 5.74) is 1.21. The van der Waals surface area contributed by atoms with Gasteiger partial charge >= 0.3 is 0 Å². The summed E-state index contributed by atoms with van der Waals surface area (Å²) in [4.78, 5) is 23.3. The van der Waals surface area contributed by atoms with Gasteiger partial charge in [0, 0.05) is 25.6 Å². The molecule has 0 saturated carbocycles. The summed E-state index contributed by atoms with van der Waals surface area (Å²) in [6.07, 6.45) is -0.489. The fourth-order valence-corrected chi connectivity index (χ4v) is 2.18. The molecule has 2 rings (SSSR count). The van der Waals surface area contributed by atoms with E-state index in [1.165, 1.54) is 7.05 Å². The van der Waals surface area contributed by atoms with Crippen molar-refractivity contribution in [1.29, 1.82) is 0 Å². The highest BCUT2D eigenvalue weighted by Gasteiger charge is 2.42. The maximum absolute atomic E-state index is 13.0. The van der Waals surface area contributed by atoms with Crippen LogP contribution in [0.15, 0.2) is 24.3 Å². The molecule has 1 saturated heterocycles. The van der Waals surface area contributed by atoms with Gasteiger partial charge in [0.05, 0.1) is 12.6 Å². The van der Waals surface area contributed by atoms with E-state index >= 15 is 0 Å². The lowest BCUT2D eigenvalue weighted by atomic mass is 10.1. The average Bonchev–Trinajstić information content (AvgIpc) is 2.84. The van der Waals surface area contributed by atoms with Crippen molar-refractivity contribution in [3.05, 3.63) is 35.4 Å². The molecule has 0 aromatic heterocycles. The fraction of sp³-hybridized carbons (Fsp3) is 0.429. The molecule has 5 nitrogen and oxygen atoms in total. The number of carbonyl (C=O) groups excluding carboxylic acids is 2. The lowest BCUT2D eigenvalue weighted by molar-refractivity contribution is -0.123. The van der Waals surface area contributed by atoms with E-state index < -0.39 is 30.8 Å². The fourth-order valence-electron chi connectivity index (χ4n) is 2.18. The van der Waals surface area contributed by atoms with Crippen LogP contribution in [0, 0.1) is 0 Å². The lowest BCUT2D eigenvalue weighted by Gasteiger charge is -2.11. The van der Waals surface area contributed by atoms with E-state index in [0.717, 1.165) is 5.56 Å². The normalized spacial score (nSPS) is 20.0. The van der Waals surface area contributed by atoms with Gasteiger partial charge in [0.15, 0.2) is 0 Å². The van der Waals surface area contributed by atoms with Crippen molar-refractivity contribution in [2.24, 2.45) is 0 Å². The van der Waals surface area contributed by atoms with Crippen molar-refractivity contribution >= 4 is 11.8 Å². The van der Waals surface area contributed by atoms with Crippen LogP contribution in [0.2, 0.25) is 0 Å². The van der Waals surface area contributed by atoms with Crippen LogP contribution in [0.1, 0.15) is 22.3 Å². The van der Waals surface area contributed by atoms with Gasteiger partial charge in [-0.1, -0.05) is 12.1 Å². The Kier molecular flexibility index (Phi) is 4.52. The summed E-state index contributed by atoms with van der Waals surface area (Å²) in [7, 11) is 1.53. The predicted molar refractivity (Wildman–Crippen MR) is 73.0 cm³/mol. The van der Waals surface area contributed by atoms with Crippen LogP contribution in [-0.4, -0.2) is 37.4 Å². The molecule has 1 unspecified atom stereocenters. The number of alkyl halides is 2. The molecule has 0 bridgehead atoms. The van der Waals surface area contributed by atoms with Crippen molar-refractivity contribution in [2.75, 3.05) is 13.6 Å². The number of nitrogens with one attached hydrogen (secondary N) is 3. The van der Waals surface area contributed by atoms with Gasteiger partial charge < -0.3 is 10.6 Å². The number of carbonyl (C=O) groups is 2. The molecule has 1 aromatic rings. The van der Waals surface area contributed by atoms with Crippen LogP contribution < -0.4 is 16.0 Å². The minimum atomic E-state index is -2.83. The first-order valence-corrected chi connectivity index (χ1v) is 6.61. The van der Waals surface area contributed by atoms with Crippen molar-refractivity contribution < 1.29 is 18.4 Å². The SMILES string of the molecule is CNC(=O)c1cccc(CNC(=O)C2CC(F)(F)CN2)c1. The second kappa shape index (κ2) is 6.17. The number of benzene rings is 1. The molecular weight excluding hydrogens is 280 g/mol. The number of halogens is 2. The van der Waals surface area contributed by atoms with E-state index in [9.17, 15) is 18.4 Å². The Balaban J connectivity index is 1.91. The lowest BCUT2D eigenvalue weighted by Crippen LogP contribution is -2.40. The van der Waals surface area contributed by atoms with Gasteiger partial charge in [-0.15, -0.1) is 0 Å². The zero-order valence-electron chi connectivity index (χ0n) is 11.6. The van der Waals surface area contributed by atoms with E-state index in [-0.39, 0.29) is 12.5 Å². The zero-order chi connectivity index (χ0) is 15.5. The smallest absolute Gasteiger partial charge is 0.262 e. The number of hydrogen-bond acceptors (Lipinski definition) is 3. The van der Waals surface area contributed by atoms with Crippen LogP contribution in [0.4, 0.5) is 8.78 Å². The number of rotatable bonds is 4. The molecule has 1 heterocycles. The Bertz CT molecular complexity index is 549. The van der Waals surface area contributed by atoms with Gasteiger partial charge in [-0.2, -0.15) is 0 Å². The van der Waals surface area contributed by atoms with Crippen molar-refractivity contribution in [3.8, 4) is 0 Å². The largest absolute Gasteiger partial charge is 0.355 e. The van der Waals surface area contributed by atoms with Crippen LogP contribution in [0.5, 0.6) is 0 Å².